The highest BCUT2D eigenvalue weighted by Crippen LogP contribution is 2.31. The first-order valence-electron chi connectivity index (χ1n) is 11.2. The molecule has 186 valence electrons. The summed E-state index contributed by atoms with van der Waals surface area (Å²) in [7, 11) is -4.47. The summed E-state index contributed by atoms with van der Waals surface area (Å²) < 4.78 is 65.8. The number of aliphatic hydroxyl groups excluding tert-OH is 1. The van der Waals surface area contributed by atoms with E-state index in [1.165, 1.54) is 0 Å². The normalized spacial score (nSPS) is 21.7. The van der Waals surface area contributed by atoms with Crippen LogP contribution in [-0.4, -0.2) is 31.6 Å². The average molecular weight is 499 g/mol. The number of carbonyl (C=O) groups is 1. The molecule has 2 aromatic carbocycles. The number of rotatable bonds is 6. The molecule has 2 aromatic rings. The van der Waals surface area contributed by atoms with Gasteiger partial charge in [-0.05, 0) is 67.5 Å². The standard InChI is InChI=1S/C24H29F3N2O4S/c1-15(2)17-5-3-7-19(13-17)28-21-11-9-16(10-12-22(21)30)23(31)29-34(32,33)20-8-4-6-18(14-20)24(25,26)27/h3-8,13-16,21-22,28,30H,9-12H2,1-2H3,(H,29,31)/t16-,21+,22+/m1/s1. The Morgan fingerprint density at radius 1 is 1.03 bits per heavy atom. The van der Waals surface area contributed by atoms with Crippen LogP contribution < -0.4 is 10.0 Å². The highest BCUT2D eigenvalue weighted by atomic mass is 32.2. The Morgan fingerprint density at radius 3 is 2.38 bits per heavy atom. The fourth-order valence-electron chi connectivity index (χ4n) is 4.04. The Bertz CT molecular complexity index is 1120. The molecule has 3 rings (SSSR count). The molecule has 0 saturated heterocycles. The quantitative estimate of drug-likeness (QED) is 0.504. The lowest BCUT2D eigenvalue weighted by Crippen LogP contribution is -2.35. The lowest BCUT2D eigenvalue weighted by Gasteiger charge is -2.23. The molecular weight excluding hydrogens is 469 g/mol. The first-order chi connectivity index (χ1) is 15.9. The summed E-state index contributed by atoms with van der Waals surface area (Å²) in [5.41, 5.74) is 0.881. The van der Waals surface area contributed by atoms with Crippen molar-refractivity contribution in [3.8, 4) is 0 Å². The molecule has 0 unspecified atom stereocenters. The zero-order chi connectivity index (χ0) is 25.1. The van der Waals surface area contributed by atoms with Crippen molar-refractivity contribution in [3.05, 3.63) is 59.7 Å². The van der Waals surface area contributed by atoms with Gasteiger partial charge in [-0.15, -0.1) is 0 Å². The number of carbonyl (C=O) groups excluding carboxylic acids is 1. The predicted molar refractivity (Wildman–Crippen MR) is 123 cm³/mol. The second kappa shape index (κ2) is 10.4. The van der Waals surface area contributed by atoms with Crippen molar-refractivity contribution in [1.82, 2.24) is 4.72 Å². The van der Waals surface area contributed by atoms with Gasteiger partial charge in [-0.3, -0.25) is 4.79 Å². The molecule has 1 amide bonds. The molecule has 6 nitrogen and oxygen atoms in total. The summed E-state index contributed by atoms with van der Waals surface area (Å²) in [5.74, 6) is -1.14. The molecule has 1 fully saturated rings. The van der Waals surface area contributed by atoms with Gasteiger partial charge in [0.15, 0.2) is 0 Å². The van der Waals surface area contributed by atoms with Gasteiger partial charge in [0.05, 0.1) is 22.6 Å². The van der Waals surface area contributed by atoms with Crippen LogP contribution in [0, 0.1) is 5.92 Å². The van der Waals surface area contributed by atoms with Gasteiger partial charge in [0, 0.05) is 11.6 Å². The van der Waals surface area contributed by atoms with Gasteiger partial charge in [0.1, 0.15) is 0 Å². The molecule has 0 heterocycles. The molecule has 3 N–H and O–H groups in total. The number of alkyl halides is 3. The summed E-state index contributed by atoms with van der Waals surface area (Å²) in [6.07, 6.45) is -4.15. The van der Waals surface area contributed by atoms with E-state index in [0.717, 1.165) is 29.4 Å². The number of hydrogen-bond acceptors (Lipinski definition) is 5. The molecule has 1 saturated carbocycles. The van der Waals surface area contributed by atoms with Gasteiger partial charge in [-0.2, -0.15) is 13.2 Å². The third kappa shape index (κ3) is 6.50. The van der Waals surface area contributed by atoms with Crippen molar-refractivity contribution in [2.45, 2.75) is 68.7 Å². The van der Waals surface area contributed by atoms with E-state index in [0.29, 0.717) is 24.8 Å². The van der Waals surface area contributed by atoms with Crippen LogP contribution in [0.1, 0.15) is 56.6 Å². The molecular formula is C24H29F3N2O4S. The van der Waals surface area contributed by atoms with Crippen molar-refractivity contribution in [2.24, 2.45) is 5.92 Å². The molecule has 34 heavy (non-hydrogen) atoms. The van der Waals surface area contributed by atoms with Gasteiger partial charge < -0.3 is 10.4 Å². The van der Waals surface area contributed by atoms with Crippen LogP contribution in [0.4, 0.5) is 18.9 Å². The Labute approximate surface area is 197 Å². The van der Waals surface area contributed by atoms with Gasteiger partial charge in [0.25, 0.3) is 10.0 Å². The maximum atomic E-state index is 12.9. The summed E-state index contributed by atoms with van der Waals surface area (Å²) in [6.45, 7) is 4.16. The molecule has 1 aliphatic rings. The third-order valence-electron chi connectivity index (χ3n) is 6.08. The fraction of sp³-hybridized carbons (Fsp3) is 0.458. The SMILES string of the molecule is CC(C)c1cccc(N[C@H]2CC[C@@H](C(=O)NS(=O)(=O)c3cccc(C(F)(F)F)c3)CC[C@@H]2O)c1. The minimum absolute atomic E-state index is 0.259. The minimum Gasteiger partial charge on any atom is -0.391 e. The van der Waals surface area contributed by atoms with E-state index in [1.807, 2.05) is 29.0 Å². The monoisotopic (exact) mass is 498 g/mol. The third-order valence-corrected chi connectivity index (χ3v) is 7.43. The largest absolute Gasteiger partial charge is 0.416 e. The van der Waals surface area contributed by atoms with E-state index in [1.54, 1.807) is 0 Å². The van der Waals surface area contributed by atoms with Crippen LogP contribution in [-0.2, 0) is 21.0 Å². The number of amides is 1. The number of halogens is 3. The van der Waals surface area contributed by atoms with Crippen LogP contribution in [0.15, 0.2) is 53.4 Å². The second-order valence-electron chi connectivity index (χ2n) is 8.95. The van der Waals surface area contributed by atoms with Gasteiger partial charge in [0.2, 0.25) is 5.91 Å². The van der Waals surface area contributed by atoms with E-state index in [4.69, 9.17) is 0 Å². The molecule has 10 heteroatoms. The van der Waals surface area contributed by atoms with Crippen LogP contribution in [0.5, 0.6) is 0 Å². The van der Waals surface area contributed by atoms with Crippen molar-refractivity contribution >= 4 is 21.6 Å². The van der Waals surface area contributed by atoms with Crippen molar-refractivity contribution in [3.63, 3.8) is 0 Å². The predicted octanol–water partition coefficient (Wildman–Crippen LogP) is 4.67. The number of nitrogens with one attached hydrogen (secondary N) is 2. The molecule has 3 atom stereocenters. The average Bonchev–Trinajstić information content (AvgIpc) is 2.95. The lowest BCUT2D eigenvalue weighted by molar-refractivity contribution is -0.137. The summed E-state index contributed by atoms with van der Waals surface area (Å²) in [4.78, 5) is 12.1. The first-order valence-corrected chi connectivity index (χ1v) is 12.6. The molecule has 0 aliphatic heterocycles. The zero-order valence-electron chi connectivity index (χ0n) is 19.0. The van der Waals surface area contributed by atoms with Crippen LogP contribution in [0.2, 0.25) is 0 Å². The van der Waals surface area contributed by atoms with E-state index in [2.05, 4.69) is 19.2 Å². The van der Waals surface area contributed by atoms with Gasteiger partial charge in [-0.25, -0.2) is 13.1 Å². The maximum Gasteiger partial charge on any atom is 0.416 e. The molecule has 0 aromatic heterocycles. The Balaban J connectivity index is 1.66. The van der Waals surface area contributed by atoms with Crippen molar-refractivity contribution in [2.75, 3.05) is 5.32 Å². The van der Waals surface area contributed by atoms with Gasteiger partial charge in [-0.1, -0.05) is 32.0 Å². The maximum absolute atomic E-state index is 12.9. The number of benzene rings is 2. The molecule has 0 spiro atoms. The fourth-order valence-corrected chi connectivity index (χ4v) is 5.13. The van der Waals surface area contributed by atoms with Crippen molar-refractivity contribution < 1.29 is 31.5 Å². The van der Waals surface area contributed by atoms with Gasteiger partial charge >= 0.3 is 6.18 Å². The summed E-state index contributed by atoms with van der Waals surface area (Å²) in [5, 5.41) is 13.9. The Hall–Kier alpha value is -2.59. The topological polar surface area (TPSA) is 95.5 Å². The summed E-state index contributed by atoms with van der Waals surface area (Å²) in [6, 6.07) is 10.8. The van der Waals surface area contributed by atoms with E-state index in [9.17, 15) is 31.5 Å². The molecule has 1 aliphatic carbocycles. The van der Waals surface area contributed by atoms with Crippen LogP contribution in [0.25, 0.3) is 0 Å². The van der Waals surface area contributed by atoms with E-state index < -0.39 is 44.6 Å². The smallest absolute Gasteiger partial charge is 0.391 e. The zero-order valence-corrected chi connectivity index (χ0v) is 19.8. The molecule has 0 bridgehead atoms. The number of hydrogen-bond donors (Lipinski definition) is 3. The number of anilines is 1. The Kier molecular flexibility index (Phi) is 7.92. The highest BCUT2D eigenvalue weighted by molar-refractivity contribution is 7.90. The van der Waals surface area contributed by atoms with Crippen molar-refractivity contribution in [1.29, 1.82) is 0 Å². The molecule has 0 radical (unpaired) electrons. The highest BCUT2D eigenvalue weighted by Gasteiger charge is 2.34. The first kappa shape index (κ1) is 26.0. The number of sulfonamides is 1. The minimum atomic E-state index is -4.70. The van der Waals surface area contributed by atoms with E-state index in [-0.39, 0.29) is 18.9 Å². The number of aliphatic hydroxyl groups is 1. The van der Waals surface area contributed by atoms with Crippen LogP contribution in [0.3, 0.4) is 0 Å². The van der Waals surface area contributed by atoms with E-state index >= 15 is 0 Å². The van der Waals surface area contributed by atoms with Crippen LogP contribution >= 0.6 is 0 Å². The second-order valence-corrected chi connectivity index (χ2v) is 10.6. The summed E-state index contributed by atoms with van der Waals surface area (Å²) >= 11 is 0. The Morgan fingerprint density at radius 2 is 1.71 bits per heavy atom. The lowest BCUT2D eigenvalue weighted by atomic mass is 9.99.